The van der Waals surface area contributed by atoms with Crippen LogP contribution in [0.25, 0.3) is 0 Å². The van der Waals surface area contributed by atoms with E-state index in [4.69, 9.17) is 5.73 Å². The van der Waals surface area contributed by atoms with Crippen LogP contribution < -0.4 is 11.1 Å². The Balaban J connectivity index is 2.30. The Hall–Kier alpha value is -1.42. The third kappa shape index (κ3) is 4.40. The Morgan fingerprint density at radius 3 is 2.94 bits per heavy atom. The van der Waals surface area contributed by atoms with E-state index in [2.05, 4.69) is 10.3 Å². The summed E-state index contributed by atoms with van der Waals surface area (Å²) in [6.07, 6.45) is 3.16. The van der Waals surface area contributed by atoms with Crippen molar-refractivity contribution in [3.63, 3.8) is 0 Å². The van der Waals surface area contributed by atoms with Crippen molar-refractivity contribution >= 4 is 5.91 Å². The van der Waals surface area contributed by atoms with Gasteiger partial charge in [-0.3, -0.25) is 9.78 Å². The van der Waals surface area contributed by atoms with Crippen molar-refractivity contribution in [2.75, 3.05) is 6.54 Å². The molecule has 0 spiro atoms. The van der Waals surface area contributed by atoms with E-state index in [-0.39, 0.29) is 11.8 Å². The third-order valence-corrected chi connectivity index (χ3v) is 2.58. The van der Waals surface area contributed by atoms with E-state index in [1.165, 1.54) is 0 Å². The lowest BCUT2D eigenvalue weighted by atomic mass is 10.0. The highest BCUT2D eigenvalue weighted by Crippen LogP contribution is 2.05. The molecule has 1 heterocycles. The van der Waals surface area contributed by atoms with Gasteiger partial charge in [0.15, 0.2) is 0 Å². The Kier molecular flexibility index (Phi) is 5.50. The van der Waals surface area contributed by atoms with Crippen molar-refractivity contribution < 1.29 is 4.79 Å². The molecule has 1 rings (SSSR count). The van der Waals surface area contributed by atoms with E-state index in [0.29, 0.717) is 19.5 Å². The average molecular weight is 221 g/mol. The molecule has 1 amide bonds. The summed E-state index contributed by atoms with van der Waals surface area (Å²) < 4.78 is 0. The summed E-state index contributed by atoms with van der Waals surface area (Å²) in [4.78, 5) is 15.7. The minimum atomic E-state index is 0.0444. The Morgan fingerprint density at radius 1 is 1.56 bits per heavy atom. The van der Waals surface area contributed by atoms with Crippen molar-refractivity contribution in [3.8, 4) is 0 Å². The van der Waals surface area contributed by atoms with Gasteiger partial charge in [-0.15, -0.1) is 0 Å². The quantitative estimate of drug-likeness (QED) is 0.755. The second kappa shape index (κ2) is 6.95. The van der Waals surface area contributed by atoms with Crippen LogP contribution in [0.3, 0.4) is 0 Å². The molecule has 0 bridgehead atoms. The lowest BCUT2D eigenvalue weighted by molar-refractivity contribution is -0.122. The maximum absolute atomic E-state index is 11.6. The van der Waals surface area contributed by atoms with Crippen LogP contribution >= 0.6 is 0 Å². The SMILES string of the molecule is CCC(CN)CC(=O)NCc1ccccn1. The van der Waals surface area contributed by atoms with Crippen molar-refractivity contribution in [1.82, 2.24) is 10.3 Å². The zero-order valence-electron chi connectivity index (χ0n) is 9.65. The molecule has 0 saturated carbocycles. The first-order valence-corrected chi connectivity index (χ1v) is 5.63. The highest BCUT2D eigenvalue weighted by atomic mass is 16.1. The number of hydrogen-bond acceptors (Lipinski definition) is 3. The Bertz CT molecular complexity index is 309. The second-order valence-electron chi connectivity index (χ2n) is 3.81. The summed E-state index contributed by atoms with van der Waals surface area (Å²) >= 11 is 0. The lowest BCUT2D eigenvalue weighted by Gasteiger charge is -2.11. The molecule has 4 nitrogen and oxygen atoms in total. The molecule has 0 aliphatic rings. The molecular weight excluding hydrogens is 202 g/mol. The number of carbonyl (C=O) groups excluding carboxylic acids is 1. The van der Waals surface area contributed by atoms with Crippen LogP contribution in [-0.4, -0.2) is 17.4 Å². The number of rotatable bonds is 6. The minimum absolute atomic E-state index is 0.0444. The van der Waals surface area contributed by atoms with Gasteiger partial charge in [0, 0.05) is 12.6 Å². The number of amides is 1. The van der Waals surface area contributed by atoms with E-state index in [0.717, 1.165) is 12.1 Å². The molecule has 16 heavy (non-hydrogen) atoms. The number of nitrogens with two attached hydrogens (primary N) is 1. The van der Waals surface area contributed by atoms with Crippen LogP contribution in [0.2, 0.25) is 0 Å². The summed E-state index contributed by atoms with van der Waals surface area (Å²) in [6.45, 7) is 3.09. The molecular formula is C12H19N3O. The summed E-state index contributed by atoms with van der Waals surface area (Å²) in [6, 6.07) is 5.65. The number of hydrogen-bond donors (Lipinski definition) is 2. The van der Waals surface area contributed by atoms with Crippen molar-refractivity contribution in [2.24, 2.45) is 11.7 Å². The van der Waals surface area contributed by atoms with E-state index in [1.807, 2.05) is 25.1 Å². The zero-order chi connectivity index (χ0) is 11.8. The first-order chi connectivity index (χ1) is 7.76. The molecule has 0 fully saturated rings. The van der Waals surface area contributed by atoms with Crippen LogP contribution in [0.15, 0.2) is 24.4 Å². The zero-order valence-corrected chi connectivity index (χ0v) is 9.65. The lowest BCUT2D eigenvalue weighted by Crippen LogP contribution is -2.27. The monoisotopic (exact) mass is 221 g/mol. The van der Waals surface area contributed by atoms with Crippen molar-refractivity contribution in [2.45, 2.75) is 26.3 Å². The molecule has 0 saturated heterocycles. The molecule has 0 aliphatic heterocycles. The molecule has 1 aromatic rings. The summed E-state index contributed by atoms with van der Waals surface area (Å²) in [5.41, 5.74) is 6.42. The van der Waals surface area contributed by atoms with Gasteiger partial charge in [-0.2, -0.15) is 0 Å². The van der Waals surface area contributed by atoms with Crippen LogP contribution in [0, 0.1) is 5.92 Å². The largest absolute Gasteiger partial charge is 0.350 e. The molecule has 88 valence electrons. The van der Waals surface area contributed by atoms with Gasteiger partial charge in [0.1, 0.15) is 0 Å². The standard InChI is InChI=1S/C12H19N3O/c1-2-10(8-13)7-12(16)15-9-11-5-3-4-6-14-11/h3-6,10H,2,7-9,13H2,1H3,(H,15,16). The first kappa shape index (κ1) is 12.6. The van der Waals surface area contributed by atoms with E-state index in [9.17, 15) is 4.79 Å². The summed E-state index contributed by atoms with van der Waals surface area (Å²) in [5.74, 6) is 0.326. The van der Waals surface area contributed by atoms with E-state index in [1.54, 1.807) is 6.20 Å². The van der Waals surface area contributed by atoms with Crippen molar-refractivity contribution in [3.05, 3.63) is 30.1 Å². The predicted octanol–water partition coefficient (Wildman–Crippen LogP) is 1.07. The number of carbonyl (C=O) groups is 1. The Labute approximate surface area is 96.3 Å². The third-order valence-electron chi connectivity index (χ3n) is 2.58. The van der Waals surface area contributed by atoms with E-state index < -0.39 is 0 Å². The van der Waals surface area contributed by atoms with Gasteiger partial charge in [-0.1, -0.05) is 19.4 Å². The minimum Gasteiger partial charge on any atom is -0.350 e. The summed E-state index contributed by atoms with van der Waals surface area (Å²) in [5, 5.41) is 2.84. The van der Waals surface area contributed by atoms with Gasteiger partial charge in [0.05, 0.1) is 12.2 Å². The van der Waals surface area contributed by atoms with Crippen LogP contribution in [0.5, 0.6) is 0 Å². The van der Waals surface area contributed by atoms with E-state index >= 15 is 0 Å². The van der Waals surface area contributed by atoms with Gasteiger partial charge in [0.25, 0.3) is 0 Å². The molecule has 0 radical (unpaired) electrons. The topological polar surface area (TPSA) is 68.0 Å². The van der Waals surface area contributed by atoms with Crippen molar-refractivity contribution in [1.29, 1.82) is 0 Å². The molecule has 4 heteroatoms. The smallest absolute Gasteiger partial charge is 0.220 e. The maximum Gasteiger partial charge on any atom is 0.220 e. The number of aromatic nitrogens is 1. The van der Waals surface area contributed by atoms with Crippen LogP contribution in [0.1, 0.15) is 25.5 Å². The number of nitrogens with zero attached hydrogens (tertiary/aromatic N) is 1. The Morgan fingerprint density at radius 2 is 2.38 bits per heavy atom. The predicted molar refractivity (Wildman–Crippen MR) is 63.5 cm³/mol. The van der Waals surface area contributed by atoms with Crippen LogP contribution in [0.4, 0.5) is 0 Å². The number of nitrogens with one attached hydrogen (secondary N) is 1. The normalized spacial score (nSPS) is 12.1. The molecule has 3 N–H and O–H groups in total. The van der Waals surface area contributed by atoms with Gasteiger partial charge in [-0.25, -0.2) is 0 Å². The fourth-order valence-electron chi connectivity index (χ4n) is 1.42. The van der Waals surface area contributed by atoms with Gasteiger partial charge < -0.3 is 11.1 Å². The molecule has 1 atom stereocenters. The average Bonchev–Trinajstić information content (AvgIpc) is 2.34. The number of pyridine rings is 1. The van der Waals surface area contributed by atoms with Gasteiger partial charge in [0.2, 0.25) is 5.91 Å². The second-order valence-corrected chi connectivity index (χ2v) is 3.81. The van der Waals surface area contributed by atoms with Crippen LogP contribution in [-0.2, 0) is 11.3 Å². The highest BCUT2D eigenvalue weighted by Gasteiger charge is 2.09. The maximum atomic E-state index is 11.6. The van der Waals surface area contributed by atoms with Gasteiger partial charge in [-0.05, 0) is 24.6 Å². The fraction of sp³-hybridized carbons (Fsp3) is 0.500. The molecule has 1 aromatic heterocycles. The molecule has 0 aliphatic carbocycles. The fourth-order valence-corrected chi connectivity index (χ4v) is 1.42. The molecule has 1 unspecified atom stereocenters. The first-order valence-electron chi connectivity index (χ1n) is 5.63. The molecule has 0 aromatic carbocycles. The summed E-state index contributed by atoms with van der Waals surface area (Å²) in [7, 11) is 0. The highest BCUT2D eigenvalue weighted by molar-refractivity contribution is 5.76. The van der Waals surface area contributed by atoms with Gasteiger partial charge >= 0.3 is 0 Å².